The van der Waals surface area contributed by atoms with Crippen LogP contribution in [-0.4, -0.2) is 29.9 Å². The van der Waals surface area contributed by atoms with E-state index in [1.165, 1.54) is 0 Å². The lowest BCUT2D eigenvalue weighted by atomic mass is 10.1. The molecule has 1 heterocycles. The highest BCUT2D eigenvalue weighted by molar-refractivity contribution is 5.85. The molecule has 1 atom stereocenters. The Morgan fingerprint density at radius 2 is 1.82 bits per heavy atom. The van der Waals surface area contributed by atoms with E-state index < -0.39 is 0 Å². The number of hydrogen-bond acceptors (Lipinski definition) is 2. The van der Waals surface area contributed by atoms with Crippen LogP contribution in [0.15, 0.2) is 30.3 Å². The number of halogens is 1. The van der Waals surface area contributed by atoms with Crippen LogP contribution in [-0.2, 0) is 11.2 Å². The van der Waals surface area contributed by atoms with E-state index in [1.807, 2.05) is 35.2 Å². The Bertz CT molecular complexity index is 350. The van der Waals surface area contributed by atoms with Crippen molar-refractivity contribution < 1.29 is 4.79 Å². The Morgan fingerprint density at radius 1 is 1.24 bits per heavy atom. The molecule has 2 N–H and O–H groups in total. The van der Waals surface area contributed by atoms with Gasteiger partial charge in [-0.05, 0) is 24.8 Å². The summed E-state index contributed by atoms with van der Waals surface area (Å²) in [6.45, 7) is 1.75. The van der Waals surface area contributed by atoms with E-state index in [1.54, 1.807) is 0 Å². The molecule has 1 aromatic carbocycles. The standard InChI is InChI=1S/C13H18N2O.ClH/c14-12(10-11-6-2-1-3-7-11)13(16)15-8-4-5-9-15;/h1-3,6-7,12H,4-5,8-10,14H2;1H. The summed E-state index contributed by atoms with van der Waals surface area (Å²) in [5.41, 5.74) is 7.07. The highest BCUT2D eigenvalue weighted by atomic mass is 35.5. The van der Waals surface area contributed by atoms with Crippen LogP contribution in [0.4, 0.5) is 0 Å². The first-order chi connectivity index (χ1) is 7.77. The zero-order valence-electron chi connectivity index (χ0n) is 9.84. The van der Waals surface area contributed by atoms with E-state index in [4.69, 9.17) is 5.73 Å². The zero-order valence-corrected chi connectivity index (χ0v) is 10.7. The van der Waals surface area contributed by atoms with Gasteiger partial charge in [-0.25, -0.2) is 0 Å². The molecule has 1 aromatic rings. The summed E-state index contributed by atoms with van der Waals surface area (Å²) in [5.74, 6) is 0.0985. The Balaban J connectivity index is 0.00000144. The number of nitrogens with zero attached hydrogens (tertiary/aromatic N) is 1. The fraction of sp³-hybridized carbons (Fsp3) is 0.462. The summed E-state index contributed by atoms with van der Waals surface area (Å²) in [5, 5.41) is 0. The van der Waals surface area contributed by atoms with Crippen LogP contribution in [0.25, 0.3) is 0 Å². The monoisotopic (exact) mass is 254 g/mol. The molecule has 1 saturated heterocycles. The fourth-order valence-corrected chi connectivity index (χ4v) is 2.13. The van der Waals surface area contributed by atoms with Crippen molar-refractivity contribution in [2.75, 3.05) is 13.1 Å². The second-order valence-corrected chi connectivity index (χ2v) is 4.33. The second-order valence-electron chi connectivity index (χ2n) is 4.33. The Kier molecular flexibility index (Phi) is 5.45. The van der Waals surface area contributed by atoms with Crippen molar-refractivity contribution in [3.05, 3.63) is 35.9 Å². The number of carbonyl (C=O) groups is 1. The number of hydrogen-bond donors (Lipinski definition) is 1. The summed E-state index contributed by atoms with van der Waals surface area (Å²) in [6, 6.07) is 9.55. The molecule has 0 bridgehead atoms. The van der Waals surface area contributed by atoms with Crippen LogP contribution in [0.2, 0.25) is 0 Å². The second kappa shape index (κ2) is 6.62. The van der Waals surface area contributed by atoms with E-state index in [9.17, 15) is 4.79 Å². The van der Waals surface area contributed by atoms with Gasteiger partial charge in [0.15, 0.2) is 0 Å². The van der Waals surface area contributed by atoms with Crippen molar-refractivity contribution in [1.82, 2.24) is 4.90 Å². The van der Waals surface area contributed by atoms with Crippen LogP contribution in [0.1, 0.15) is 18.4 Å². The van der Waals surface area contributed by atoms with Crippen molar-refractivity contribution in [2.24, 2.45) is 5.73 Å². The van der Waals surface area contributed by atoms with Crippen LogP contribution in [0.3, 0.4) is 0 Å². The number of nitrogens with two attached hydrogens (primary N) is 1. The van der Waals surface area contributed by atoms with Crippen molar-refractivity contribution >= 4 is 18.3 Å². The molecular formula is C13H19ClN2O. The summed E-state index contributed by atoms with van der Waals surface area (Å²) in [6.07, 6.45) is 2.86. The van der Waals surface area contributed by atoms with Gasteiger partial charge in [0, 0.05) is 13.1 Å². The molecule has 1 aliphatic rings. The SMILES string of the molecule is Cl.NC(Cc1ccccc1)C(=O)N1CCCC1. The van der Waals surface area contributed by atoms with Gasteiger partial charge in [0.25, 0.3) is 0 Å². The molecule has 3 nitrogen and oxygen atoms in total. The molecule has 2 rings (SSSR count). The average molecular weight is 255 g/mol. The maximum atomic E-state index is 12.0. The molecule has 0 saturated carbocycles. The van der Waals surface area contributed by atoms with E-state index in [0.29, 0.717) is 6.42 Å². The molecular weight excluding hydrogens is 236 g/mol. The van der Waals surface area contributed by atoms with Crippen LogP contribution in [0, 0.1) is 0 Å². The van der Waals surface area contributed by atoms with Gasteiger partial charge < -0.3 is 10.6 Å². The molecule has 1 fully saturated rings. The van der Waals surface area contributed by atoms with Crippen molar-refractivity contribution in [2.45, 2.75) is 25.3 Å². The van der Waals surface area contributed by atoms with E-state index in [-0.39, 0.29) is 24.4 Å². The summed E-state index contributed by atoms with van der Waals surface area (Å²) in [7, 11) is 0. The quantitative estimate of drug-likeness (QED) is 0.891. The number of benzene rings is 1. The summed E-state index contributed by atoms with van der Waals surface area (Å²) >= 11 is 0. The topological polar surface area (TPSA) is 46.3 Å². The Labute approximate surface area is 108 Å². The lowest BCUT2D eigenvalue weighted by Gasteiger charge is -2.20. The van der Waals surface area contributed by atoms with Gasteiger partial charge in [-0.2, -0.15) is 0 Å². The van der Waals surface area contributed by atoms with E-state index >= 15 is 0 Å². The fourth-order valence-electron chi connectivity index (χ4n) is 2.13. The summed E-state index contributed by atoms with van der Waals surface area (Å²) in [4.78, 5) is 13.8. The minimum atomic E-state index is -0.388. The normalized spacial score (nSPS) is 16.4. The molecule has 0 aromatic heterocycles. The highest BCUT2D eigenvalue weighted by Gasteiger charge is 2.23. The molecule has 0 spiro atoms. The van der Waals surface area contributed by atoms with Gasteiger partial charge in [-0.15, -0.1) is 12.4 Å². The molecule has 1 aliphatic heterocycles. The van der Waals surface area contributed by atoms with Gasteiger partial charge >= 0.3 is 0 Å². The number of rotatable bonds is 3. The zero-order chi connectivity index (χ0) is 11.4. The van der Waals surface area contributed by atoms with E-state index in [0.717, 1.165) is 31.5 Å². The van der Waals surface area contributed by atoms with Crippen molar-refractivity contribution in [1.29, 1.82) is 0 Å². The largest absolute Gasteiger partial charge is 0.341 e. The van der Waals surface area contributed by atoms with Crippen molar-refractivity contribution in [3.63, 3.8) is 0 Å². The van der Waals surface area contributed by atoms with Gasteiger partial charge in [-0.3, -0.25) is 4.79 Å². The Hall–Kier alpha value is -1.06. The van der Waals surface area contributed by atoms with E-state index in [2.05, 4.69) is 0 Å². The lowest BCUT2D eigenvalue weighted by molar-refractivity contribution is -0.131. The predicted octanol–water partition coefficient (Wildman–Crippen LogP) is 1.60. The summed E-state index contributed by atoms with van der Waals surface area (Å²) < 4.78 is 0. The number of likely N-dealkylation sites (tertiary alicyclic amines) is 1. The van der Waals surface area contributed by atoms with Crippen LogP contribution < -0.4 is 5.73 Å². The lowest BCUT2D eigenvalue weighted by Crippen LogP contribution is -2.43. The third-order valence-electron chi connectivity index (χ3n) is 3.03. The first-order valence-corrected chi connectivity index (χ1v) is 5.85. The minimum Gasteiger partial charge on any atom is -0.341 e. The van der Waals surface area contributed by atoms with Gasteiger partial charge in [0.1, 0.15) is 0 Å². The number of carbonyl (C=O) groups excluding carboxylic acids is 1. The molecule has 1 amide bonds. The first-order valence-electron chi connectivity index (χ1n) is 5.85. The Morgan fingerprint density at radius 3 is 2.41 bits per heavy atom. The average Bonchev–Trinajstić information content (AvgIpc) is 2.83. The third kappa shape index (κ3) is 3.72. The van der Waals surface area contributed by atoms with Gasteiger partial charge in [-0.1, -0.05) is 30.3 Å². The molecule has 0 aliphatic carbocycles. The molecule has 4 heteroatoms. The van der Waals surface area contributed by atoms with Crippen LogP contribution >= 0.6 is 12.4 Å². The third-order valence-corrected chi connectivity index (χ3v) is 3.03. The minimum absolute atomic E-state index is 0. The predicted molar refractivity (Wildman–Crippen MR) is 71.2 cm³/mol. The van der Waals surface area contributed by atoms with Crippen molar-refractivity contribution in [3.8, 4) is 0 Å². The maximum absolute atomic E-state index is 12.0. The smallest absolute Gasteiger partial charge is 0.239 e. The maximum Gasteiger partial charge on any atom is 0.239 e. The first kappa shape index (κ1) is 14.0. The van der Waals surface area contributed by atoms with Gasteiger partial charge in [0.2, 0.25) is 5.91 Å². The number of amides is 1. The van der Waals surface area contributed by atoms with Gasteiger partial charge in [0.05, 0.1) is 6.04 Å². The highest BCUT2D eigenvalue weighted by Crippen LogP contribution is 2.10. The molecule has 0 radical (unpaired) electrons. The molecule has 94 valence electrons. The molecule has 17 heavy (non-hydrogen) atoms. The van der Waals surface area contributed by atoms with Crippen LogP contribution in [0.5, 0.6) is 0 Å². The molecule has 1 unspecified atom stereocenters.